The lowest BCUT2D eigenvalue weighted by Crippen LogP contribution is -2.28. The van der Waals surface area contributed by atoms with E-state index in [0.717, 1.165) is 12.0 Å². The molecule has 0 aromatic heterocycles. The first kappa shape index (κ1) is 20.4. The minimum absolute atomic E-state index is 0.0181. The molecular formula is C19H21ClN2O5S. The molecule has 2 aromatic carbocycles. The second-order valence-electron chi connectivity index (χ2n) is 6.27. The summed E-state index contributed by atoms with van der Waals surface area (Å²) in [6.07, 6.45) is 0.714. The first-order valence-corrected chi connectivity index (χ1v) is 10.7. The van der Waals surface area contributed by atoms with Crippen LogP contribution in [-0.4, -0.2) is 34.1 Å². The molecule has 9 heteroatoms. The number of nitrogens with one attached hydrogen (secondary N) is 2. The Bertz CT molecular complexity index is 978. The third-order valence-corrected chi connectivity index (χ3v) is 6.08. The molecule has 0 bridgehead atoms. The summed E-state index contributed by atoms with van der Waals surface area (Å²) in [5, 5.41) is 3.28. The molecule has 28 heavy (non-hydrogen) atoms. The average Bonchev–Trinajstić information content (AvgIpc) is 2.90. The number of carbonyl (C=O) groups is 1. The molecule has 1 aliphatic rings. The Morgan fingerprint density at radius 3 is 2.68 bits per heavy atom. The van der Waals surface area contributed by atoms with E-state index < -0.39 is 10.0 Å². The van der Waals surface area contributed by atoms with Gasteiger partial charge in [-0.1, -0.05) is 17.7 Å². The molecule has 0 radical (unpaired) electrons. The summed E-state index contributed by atoms with van der Waals surface area (Å²) in [5.41, 5.74) is 1.36. The van der Waals surface area contributed by atoms with Gasteiger partial charge in [-0.05, 0) is 36.8 Å². The van der Waals surface area contributed by atoms with Gasteiger partial charge in [0.25, 0.3) is 0 Å². The van der Waals surface area contributed by atoms with E-state index >= 15 is 0 Å². The molecular weight excluding hydrogens is 404 g/mol. The Morgan fingerprint density at radius 1 is 1.14 bits per heavy atom. The molecule has 0 fully saturated rings. The van der Waals surface area contributed by atoms with Crippen LogP contribution >= 0.6 is 11.6 Å². The number of sulfonamides is 1. The second-order valence-corrected chi connectivity index (χ2v) is 8.44. The van der Waals surface area contributed by atoms with E-state index in [1.165, 1.54) is 12.1 Å². The SMILES string of the molecule is Cc1c(Cl)cccc1NC(=O)CCNS(=O)(=O)c1ccc2c(c1)OCCCO2. The maximum atomic E-state index is 12.5. The number of hydrogen-bond acceptors (Lipinski definition) is 5. The molecule has 2 aromatic rings. The van der Waals surface area contributed by atoms with Crippen molar-refractivity contribution >= 4 is 33.2 Å². The van der Waals surface area contributed by atoms with E-state index in [2.05, 4.69) is 10.0 Å². The fourth-order valence-electron chi connectivity index (χ4n) is 2.65. The molecule has 0 saturated heterocycles. The van der Waals surface area contributed by atoms with Crippen LogP contribution < -0.4 is 19.5 Å². The molecule has 0 saturated carbocycles. The van der Waals surface area contributed by atoms with Gasteiger partial charge in [0.05, 0.1) is 18.1 Å². The van der Waals surface area contributed by atoms with Crippen LogP contribution in [0, 0.1) is 6.92 Å². The summed E-state index contributed by atoms with van der Waals surface area (Å²) < 4.78 is 38.4. The first-order chi connectivity index (χ1) is 13.4. The summed E-state index contributed by atoms with van der Waals surface area (Å²) in [6, 6.07) is 9.66. The monoisotopic (exact) mass is 424 g/mol. The quantitative estimate of drug-likeness (QED) is 0.743. The predicted octanol–water partition coefficient (Wildman–Crippen LogP) is 3.12. The van der Waals surface area contributed by atoms with E-state index in [1.807, 2.05) is 0 Å². The third kappa shape index (κ3) is 4.95. The van der Waals surface area contributed by atoms with Gasteiger partial charge in [0.15, 0.2) is 11.5 Å². The number of rotatable bonds is 6. The fourth-order valence-corrected chi connectivity index (χ4v) is 3.87. The maximum absolute atomic E-state index is 12.5. The molecule has 0 atom stereocenters. The smallest absolute Gasteiger partial charge is 0.240 e. The Balaban J connectivity index is 1.58. The lowest BCUT2D eigenvalue weighted by atomic mass is 10.2. The highest BCUT2D eigenvalue weighted by Gasteiger charge is 2.19. The van der Waals surface area contributed by atoms with Gasteiger partial charge in [0, 0.05) is 36.2 Å². The van der Waals surface area contributed by atoms with Gasteiger partial charge in [-0.3, -0.25) is 4.79 Å². The van der Waals surface area contributed by atoms with E-state index in [0.29, 0.717) is 35.4 Å². The van der Waals surface area contributed by atoms with Crippen molar-refractivity contribution in [2.45, 2.75) is 24.7 Å². The molecule has 0 spiro atoms. The van der Waals surface area contributed by atoms with Crippen molar-refractivity contribution in [3.05, 3.63) is 47.0 Å². The van der Waals surface area contributed by atoms with E-state index in [4.69, 9.17) is 21.1 Å². The predicted molar refractivity (Wildman–Crippen MR) is 107 cm³/mol. The lowest BCUT2D eigenvalue weighted by Gasteiger charge is -2.12. The van der Waals surface area contributed by atoms with Crippen molar-refractivity contribution in [2.24, 2.45) is 0 Å². The first-order valence-electron chi connectivity index (χ1n) is 8.81. The van der Waals surface area contributed by atoms with Gasteiger partial charge < -0.3 is 14.8 Å². The number of carbonyl (C=O) groups excluding carboxylic acids is 1. The summed E-state index contributed by atoms with van der Waals surface area (Å²) in [4.78, 5) is 12.2. The molecule has 3 rings (SSSR count). The normalized spacial score (nSPS) is 13.6. The number of benzene rings is 2. The highest BCUT2D eigenvalue weighted by atomic mass is 35.5. The Morgan fingerprint density at radius 2 is 1.89 bits per heavy atom. The number of anilines is 1. The zero-order chi connectivity index (χ0) is 20.1. The zero-order valence-corrected chi connectivity index (χ0v) is 16.9. The van der Waals surface area contributed by atoms with Gasteiger partial charge >= 0.3 is 0 Å². The van der Waals surface area contributed by atoms with Gasteiger partial charge in [0.1, 0.15) is 0 Å². The highest BCUT2D eigenvalue weighted by Crippen LogP contribution is 2.31. The largest absolute Gasteiger partial charge is 0.490 e. The number of ether oxygens (including phenoxy) is 2. The highest BCUT2D eigenvalue weighted by molar-refractivity contribution is 7.89. The summed E-state index contributed by atoms with van der Waals surface area (Å²) >= 11 is 6.03. The van der Waals surface area contributed by atoms with Gasteiger partial charge in [-0.25, -0.2) is 13.1 Å². The van der Waals surface area contributed by atoms with Crippen molar-refractivity contribution in [3.63, 3.8) is 0 Å². The van der Waals surface area contributed by atoms with Crippen LogP contribution in [0.15, 0.2) is 41.3 Å². The van der Waals surface area contributed by atoms with Crippen LogP contribution in [0.2, 0.25) is 5.02 Å². The number of halogens is 1. The van der Waals surface area contributed by atoms with Crippen molar-refractivity contribution < 1.29 is 22.7 Å². The number of fused-ring (bicyclic) bond motifs is 1. The van der Waals surface area contributed by atoms with Crippen LogP contribution in [0.3, 0.4) is 0 Å². The molecule has 0 unspecified atom stereocenters. The van der Waals surface area contributed by atoms with Gasteiger partial charge in [-0.2, -0.15) is 0 Å². The van der Waals surface area contributed by atoms with Crippen LogP contribution in [0.5, 0.6) is 11.5 Å². The second kappa shape index (κ2) is 8.81. The van der Waals surface area contributed by atoms with E-state index in [9.17, 15) is 13.2 Å². The van der Waals surface area contributed by atoms with Gasteiger partial charge in [-0.15, -0.1) is 0 Å². The minimum atomic E-state index is -3.78. The van der Waals surface area contributed by atoms with Crippen molar-refractivity contribution in [2.75, 3.05) is 25.1 Å². The van der Waals surface area contributed by atoms with Crippen molar-refractivity contribution in [1.82, 2.24) is 4.72 Å². The van der Waals surface area contributed by atoms with Crippen molar-refractivity contribution in [1.29, 1.82) is 0 Å². The lowest BCUT2D eigenvalue weighted by molar-refractivity contribution is -0.116. The van der Waals surface area contributed by atoms with Crippen LogP contribution in [-0.2, 0) is 14.8 Å². The topological polar surface area (TPSA) is 93.7 Å². The molecule has 150 valence electrons. The summed E-state index contributed by atoms with van der Waals surface area (Å²) in [7, 11) is -3.78. The summed E-state index contributed by atoms with van der Waals surface area (Å²) in [5.74, 6) is 0.606. The van der Waals surface area contributed by atoms with Gasteiger partial charge in [0.2, 0.25) is 15.9 Å². The van der Waals surface area contributed by atoms with Crippen molar-refractivity contribution in [3.8, 4) is 11.5 Å². The number of amides is 1. The molecule has 2 N–H and O–H groups in total. The minimum Gasteiger partial charge on any atom is -0.490 e. The Kier molecular flexibility index (Phi) is 6.43. The fraction of sp³-hybridized carbons (Fsp3) is 0.316. The standard InChI is InChI=1S/C19H21ClN2O5S/c1-13-15(20)4-2-5-16(13)22-19(23)8-9-21-28(24,25)14-6-7-17-18(12-14)27-11-3-10-26-17/h2,4-7,12,21H,3,8-11H2,1H3,(H,22,23). The van der Waals surface area contributed by atoms with E-state index in [-0.39, 0.29) is 23.8 Å². The molecule has 1 heterocycles. The molecule has 7 nitrogen and oxygen atoms in total. The summed E-state index contributed by atoms with van der Waals surface area (Å²) in [6.45, 7) is 2.75. The van der Waals surface area contributed by atoms with Crippen LogP contribution in [0.25, 0.3) is 0 Å². The molecule has 1 amide bonds. The van der Waals surface area contributed by atoms with E-state index in [1.54, 1.807) is 31.2 Å². The average molecular weight is 425 g/mol. The molecule has 0 aliphatic carbocycles. The van der Waals surface area contributed by atoms with Crippen LogP contribution in [0.4, 0.5) is 5.69 Å². The Labute approximate surface area is 169 Å². The maximum Gasteiger partial charge on any atom is 0.240 e. The zero-order valence-electron chi connectivity index (χ0n) is 15.3. The number of hydrogen-bond donors (Lipinski definition) is 2. The van der Waals surface area contributed by atoms with Crippen LogP contribution in [0.1, 0.15) is 18.4 Å². The third-order valence-electron chi connectivity index (χ3n) is 4.22. The molecule has 1 aliphatic heterocycles. The Hall–Kier alpha value is -2.29.